The summed E-state index contributed by atoms with van der Waals surface area (Å²) in [7, 11) is 1.20. The van der Waals surface area contributed by atoms with Gasteiger partial charge in [0.05, 0.1) is 13.2 Å². The number of hydrogen-bond acceptors (Lipinski definition) is 13. The molecule has 4 amide bonds. The molecule has 1 saturated heterocycles. The summed E-state index contributed by atoms with van der Waals surface area (Å²) in [6, 6.07) is -3.54. The van der Waals surface area contributed by atoms with Gasteiger partial charge in [-0.15, -0.1) is 0 Å². The zero-order chi connectivity index (χ0) is 57.1. The lowest BCUT2D eigenvalue weighted by molar-refractivity contribution is -0.204. The van der Waals surface area contributed by atoms with Crippen molar-refractivity contribution in [3.8, 4) is 0 Å². The van der Waals surface area contributed by atoms with Gasteiger partial charge in [0.2, 0.25) is 23.6 Å². The van der Waals surface area contributed by atoms with Crippen LogP contribution in [-0.4, -0.2) is 107 Å². The first-order chi connectivity index (χ1) is 37.1. The zero-order valence-electron chi connectivity index (χ0n) is 49.3. The molecule has 1 unspecified atom stereocenters. The lowest BCUT2D eigenvalue weighted by Gasteiger charge is -2.45. The van der Waals surface area contributed by atoms with E-state index in [0.29, 0.717) is 6.42 Å². The summed E-state index contributed by atoms with van der Waals surface area (Å²) in [6.45, 7) is 10.4. The fourth-order valence-corrected chi connectivity index (χ4v) is 11.1. The Morgan fingerprint density at radius 1 is 0.584 bits per heavy atom. The second-order valence-corrected chi connectivity index (χ2v) is 23.0. The molecule has 8 atom stereocenters. The van der Waals surface area contributed by atoms with Gasteiger partial charge in [-0.3, -0.25) is 33.6 Å². The molecule has 0 spiro atoms. The number of carbonyl (C=O) groups excluding carboxylic acids is 7. The average Bonchev–Trinajstić information content (AvgIpc) is 3.40. The summed E-state index contributed by atoms with van der Waals surface area (Å²) >= 11 is 0.953. The summed E-state index contributed by atoms with van der Waals surface area (Å²) < 4.78 is 23.1. The van der Waals surface area contributed by atoms with Crippen molar-refractivity contribution in [3.63, 3.8) is 0 Å². The molecule has 0 aliphatic carbocycles. The van der Waals surface area contributed by atoms with Crippen molar-refractivity contribution in [2.75, 3.05) is 13.7 Å². The van der Waals surface area contributed by atoms with E-state index < -0.39 is 83.5 Å². The standard InChI is InChI=1S/C60H110N4O12S/c1-8-11-14-17-20-22-24-26-28-31-33-36-39-48(40-37-34-32-29-27-25-23-21-18-15-12-9-2)59(72)77-60-53(63-47(6)65)55(54(68)50(76-60)44-74-52(67)41-38-35-30-19-16-13-10-3)75-46(5)58(71)62-45(4)57(70)64-49(56(61)69)42-43-51(66)73-7/h45-46,48-50,53-55,60,68H,8-44H2,1-7H3,(H2,61,69)(H,62,71)(H,63,65)(H,64,70)/t45-,46?,49+,50+,53+,54+,55-,60-/m0/s1. The number of aliphatic hydroxyl groups excluding tert-OH is 1. The Bertz CT molecular complexity index is 1580. The number of amides is 4. The van der Waals surface area contributed by atoms with E-state index in [4.69, 9.17) is 19.9 Å². The molecule has 0 aromatic heterocycles. The molecule has 6 N–H and O–H groups in total. The largest absolute Gasteiger partial charge is 0.469 e. The number of methoxy groups -OCH3 is 1. The van der Waals surface area contributed by atoms with Crippen LogP contribution in [0.3, 0.4) is 0 Å². The van der Waals surface area contributed by atoms with E-state index in [1.54, 1.807) is 0 Å². The van der Waals surface area contributed by atoms with Crippen molar-refractivity contribution < 1.29 is 57.6 Å². The van der Waals surface area contributed by atoms with Gasteiger partial charge in [0.1, 0.15) is 48.5 Å². The molecule has 1 heterocycles. The number of carbonyl (C=O) groups is 7. The molecule has 0 bridgehead atoms. The van der Waals surface area contributed by atoms with Crippen LogP contribution in [-0.2, 0) is 52.5 Å². The van der Waals surface area contributed by atoms with E-state index in [9.17, 15) is 38.7 Å². The first-order valence-corrected chi connectivity index (χ1v) is 31.6. The van der Waals surface area contributed by atoms with Crippen LogP contribution in [0.1, 0.15) is 273 Å². The number of thioether (sulfide) groups is 1. The Labute approximate surface area is 470 Å². The van der Waals surface area contributed by atoms with Crippen molar-refractivity contribution in [1.29, 1.82) is 0 Å². The van der Waals surface area contributed by atoms with Crippen molar-refractivity contribution in [3.05, 3.63) is 0 Å². The first-order valence-electron chi connectivity index (χ1n) is 30.7. The van der Waals surface area contributed by atoms with Crippen LogP contribution in [0.5, 0.6) is 0 Å². The van der Waals surface area contributed by atoms with Crippen molar-refractivity contribution in [1.82, 2.24) is 16.0 Å². The molecule has 0 aromatic carbocycles. The Morgan fingerprint density at radius 3 is 1.45 bits per heavy atom. The van der Waals surface area contributed by atoms with Crippen LogP contribution in [0, 0.1) is 5.92 Å². The molecule has 77 heavy (non-hydrogen) atoms. The van der Waals surface area contributed by atoms with Crippen LogP contribution in [0.4, 0.5) is 0 Å². The number of rotatable bonds is 49. The zero-order valence-corrected chi connectivity index (χ0v) is 50.1. The number of unbranched alkanes of at least 4 members (excludes halogenated alkanes) is 28. The monoisotopic (exact) mass is 1110 g/mol. The Balaban J connectivity index is 3.29. The molecule has 0 aromatic rings. The smallest absolute Gasteiger partial charge is 0.305 e. The molecule has 0 saturated carbocycles. The number of aliphatic hydroxyl groups is 1. The third kappa shape index (κ3) is 35.2. The highest BCUT2D eigenvalue weighted by Gasteiger charge is 2.49. The second kappa shape index (κ2) is 46.5. The van der Waals surface area contributed by atoms with Crippen LogP contribution < -0.4 is 21.7 Å². The van der Waals surface area contributed by atoms with E-state index in [1.807, 2.05) is 0 Å². The van der Waals surface area contributed by atoms with Gasteiger partial charge in [-0.25, -0.2) is 0 Å². The molecule has 0 radical (unpaired) electrons. The maximum Gasteiger partial charge on any atom is 0.305 e. The molecule has 1 rings (SSSR count). The fourth-order valence-electron chi connectivity index (χ4n) is 9.87. The Kier molecular flexibility index (Phi) is 43.3. The number of nitrogens with one attached hydrogen (secondary N) is 3. The van der Waals surface area contributed by atoms with E-state index in [-0.39, 0.29) is 36.9 Å². The molecule has 16 nitrogen and oxygen atoms in total. The predicted octanol–water partition coefficient (Wildman–Crippen LogP) is 11.5. The van der Waals surface area contributed by atoms with Gasteiger partial charge in [0.25, 0.3) is 0 Å². The van der Waals surface area contributed by atoms with Crippen LogP contribution >= 0.6 is 11.8 Å². The fraction of sp³-hybridized carbons (Fsp3) is 0.883. The number of nitrogens with two attached hydrogens (primary N) is 1. The lowest BCUT2D eigenvalue weighted by Crippen LogP contribution is -2.65. The van der Waals surface area contributed by atoms with Gasteiger partial charge in [-0.1, -0.05) is 225 Å². The minimum atomic E-state index is -1.54. The van der Waals surface area contributed by atoms with Crippen molar-refractivity contribution in [2.45, 2.75) is 321 Å². The number of hydrogen-bond donors (Lipinski definition) is 5. The van der Waals surface area contributed by atoms with Gasteiger partial charge < -0.3 is 45.7 Å². The summed E-state index contributed by atoms with van der Waals surface area (Å²) in [5.74, 6) is -4.20. The van der Waals surface area contributed by atoms with Crippen LogP contribution in [0.25, 0.3) is 0 Å². The minimum absolute atomic E-state index is 0.0900. The normalized spacial score (nSPS) is 18.5. The van der Waals surface area contributed by atoms with Crippen LogP contribution in [0.2, 0.25) is 0 Å². The van der Waals surface area contributed by atoms with Gasteiger partial charge >= 0.3 is 11.9 Å². The highest BCUT2D eigenvalue weighted by molar-refractivity contribution is 8.14. The molecule has 1 aliphatic heterocycles. The van der Waals surface area contributed by atoms with E-state index in [2.05, 4.69) is 41.5 Å². The molecule has 1 fully saturated rings. The minimum Gasteiger partial charge on any atom is -0.469 e. The van der Waals surface area contributed by atoms with E-state index in [0.717, 1.165) is 95.2 Å². The number of ether oxygens (including phenoxy) is 4. The third-order valence-electron chi connectivity index (χ3n) is 14.8. The Hall–Kier alpha value is -3.28. The number of primary amides is 1. The summed E-state index contributed by atoms with van der Waals surface area (Å²) in [5, 5.41) is 19.7. The van der Waals surface area contributed by atoms with Gasteiger partial charge in [-0.2, -0.15) is 0 Å². The van der Waals surface area contributed by atoms with Gasteiger partial charge in [0, 0.05) is 25.7 Å². The third-order valence-corrected chi connectivity index (χ3v) is 16.0. The second-order valence-electron chi connectivity index (χ2n) is 21.9. The predicted molar refractivity (Wildman–Crippen MR) is 308 cm³/mol. The van der Waals surface area contributed by atoms with Gasteiger partial charge in [-0.05, 0) is 39.5 Å². The highest BCUT2D eigenvalue weighted by atomic mass is 32.2. The van der Waals surface area contributed by atoms with Crippen molar-refractivity contribution in [2.24, 2.45) is 11.7 Å². The maximum atomic E-state index is 14.6. The topological polar surface area (TPSA) is 239 Å². The van der Waals surface area contributed by atoms with Gasteiger partial charge in [0.15, 0.2) is 5.12 Å². The summed E-state index contributed by atoms with van der Waals surface area (Å²) in [4.78, 5) is 91.3. The maximum absolute atomic E-state index is 14.6. The molecular weight excluding hydrogens is 1000 g/mol. The molecular formula is C60H110N4O12S. The quantitative estimate of drug-likeness (QED) is 0.0282. The van der Waals surface area contributed by atoms with E-state index >= 15 is 0 Å². The SMILES string of the molecule is CCCCCCCCCCCCCCC(CCCCCCCCCCCCCC)C(=O)S[C@@H]1O[C@H](COC(=O)CCCCCCCCC)[C@@H](O)[C@@H](OC(C)C(=O)N[C@@H](C)C(=O)N[C@H](CCC(=O)OC)C(N)=O)[C@H]1NC(C)=O. The first kappa shape index (κ1) is 71.7. The molecule has 448 valence electrons. The summed E-state index contributed by atoms with van der Waals surface area (Å²) in [5.41, 5.74) is 4.39. The lowest BCUT2D eigenvalue weighted by atomic mass is 9.95. The summed E-state index contributed by atoms with van der Waals surface area (Å²) in [6.07, 6.45) is 32.2. The molecule has 1 aliphatic rings. The molecule has 17 heteroatoms. The average molecular weight is 1110 g/mol. The number of esters is 2. The van der Waals surface area contributed by atoms with Crippen molar-refractivity contribution >= 4 is 52.4 Å². The van der Waals surface area contributed by atoms with Crippen LogP contribution in [0.15, 0.2) is 0 Å². The Morgan fingerprint density at radius 2 is 1.03 bits per heavy atom. The highest BCUT2D eigenvalue weighted by Crippen LogP contribution is 2.35. The van der Waals surface area contributed by atoms with E-state index in [1.165, 1.54) is 150 Å².